The molecule has 2 nitrogen and oxygen atoms in total. The maximum atomic E-state index is 9.39. The van der Waals surface area contributed by atoms with E-state index in [2.05, 4.69) is 19.2 Å². The van der Waals surface area contributed by atoms with Gasteiger partial charge in [0.15, 0.2) is 0 Å². The van der Waals surface area contributed by atoms with Crippen molar-refractivity contribution in [3.63, 3.8) is 0 Å². The molecule has 1 aromatic carbocycles. The van der Waals surface area contributed by atoms with Gasteiger partial charge in [0.2, 0.25) is 0 Å². The van der Waals surface area contributed by atoms with E-state index < -0.39 is 0 Å². The van der Waals surface area contributed by atoms with Crippen LogP contribution < -0.4 is 5.32 Å². The number of benzene rings is 1. The zero-order valence-electron chi connectivity index (χ0n) is 10.5. The van der Waals surface area contributed by atoms with Crippen molar-refractivity contribution >= 4 is 5.69 Å². The van der Waals surface area contributed by atoms with E-state index in [1.54, 1.807) is 6.92 Å². The van der Waals surface area contributed by atoms with Gasteiger partial charge in [-0.1, -0.05) is 38.8 Å². The molecule has 0 aromatic heterocycles. The van der Waals surface area contributed by atoms with Gasteiger partial charge in [0, 0.05) is 12.2 Å². The van der Waals surface area contributed by atoms with Crippen LogP contribution in [0.25, 0.3) is 0 Å². The van der Waals surface area contributed by atoms with Gasteiger partial charge in [0.25, 0.3) is 0 Å². The predicted molar refractivity (Wildman–Crippen MR) is 69.6 cm³/mol. The Hall–Kier alpha value is -1.02. The summed E-state index contributed by atoms with van der Waals surface area (Å²) >= 11 is 0. The highest BCUT2D eigenvalue weighted by Crippen LogP contribution is 2.16. The Bertz CT molecular complexity index is 288. The zero-order chi connectivity index (χ0) is 12.0. The first-order chi connectivity index (χ1) is 7.67. The monoisotopic (exact) mass is 221 g/mol. The first-order valence-corrected chi connectivity index (χ1v) is 6.19. The summed E-state index contributed by atoms with van der Waals surface area (Å²) in [5.41, 5.74) is 2.10. The standard InChI is InChI=1S/C14H23NO/c1-4-12(5-2)10-15-14-8-6-13(7-9-14)11(3)16/h6-9,11-12,15-16H,4-5,10H2,1-3H3. The Labute approximate surface area is 98.7 Å². The van der Waals surface area contributed by atoms with Crippen LogP contribution in [0.4, 0.5) is 5.69 Å². The molecule has 2 N–H and O–H groups in total. The number of nitrogens with one attached hydrogen (secondary N) is 1. The van der Waals surface area contributed by atoms with Crippen molar-refractivity contribution in [3.8, 4) is 0 Å². The average molecular weight is 221 g/mol. The minimum absolute atomic E-state index is 0.381. The third-order valence-corrected chi connectivity index (χ3v) is 3.14. The highest BCUT2D eigenvalue weighted by Gasteiger charge is 2.03. The molecule has 16 heavy (non-hydrogen) atoms. The lowest BCUT2D eigenvalue weighted by Gasteiger charge is -2.14. The topological polar surface area (TPSA) is 32.3 Å². The van der Waals surface area contributed by atoms with E-state index in [4.69, 9.17) is 0 Å². The normalized spacial score (nSPS) is 12.8. The number of rotatable bonds is 6. The largest absolute Gasteiger partial charge is 0.389 e. The van der Waals surface area contributed by atoms with Crippen LogP contribution in [0.5, 0.6) is 0 Å². The molecule has 0 spiro atoms. The molecule has 1 rings (SSSR count). The van der Waals surface area contributed by atoms with Crippen LogP contribution in [0.1, 0.15) is 45.3 Å². The number of aliphatic hydroxyl groups is 1. The molecule has 90 valence electrons. The molecule has 0 aliphatic heterocycles. The van der Waals surface area contributed by atoms with E-state index >= 15 is 0 Å². The highest BCUT2D eigenvalue weighted by molar-refractivity contribution is 5.44. The molecule has 2 heteroatoms. The molecule has 0 aliphatic carbocycles. The zero-order valence-corrected chi connectivity index (χ0v) is 10.5. The Kier molecular flexibility index (Phi) is 5.33. The molecule has 0 saturated heterocycles. The summed E-state index contributed by atoms with van der Waals surface area (Å²) in [5, 5.41) is 12.8. The van der Waals surface area contributed by atoms with Gasteiger partial charge in [-0.2, -0.15) is 0 Å². The van der Waals surface area contributed by atoms with Crippen LogP contribution in [0.15, 0.2) is 24.3 Å². The maximum Gasteiger partial charge on any atom is 0.0761 e. The van der Waals surface area contributed by atoms with Crippen molar-refractivity contribution in [2.24, 2.45) is 5.92 Å². The summed E-state index contributed by atoms with van der Waals surface area (Å²) in [6.45, 7) is 7.27. The van der Waals surface area contributed by atoms with Gasteiger partial charge < -0.3 is 10.4 Å². The lowest BCUT2D eigenvalue weighted by atomic mass is 10.0. The molecule has 1 aromatic rings. The van der Waals surface area contributed by atoms with Crippen LogP contribution in [-0.2, 0) is 0 Å². The van der Waals surface area contributed by atoms with Gasteiger partial charge in [-0.05, 0) is 30.5 Å². The lowest BCUT2D eigenvalue weighted by molar-refractivity contribution is 0.199. The second-order valence-corrected chi connectivity index (χ2v) is 4.36. The van der Waals surface area contributed by atoms with E-state index in [-0.39, 0.29) is 6.10 Å². The molecule has 1 unspecified atom stereocenters. The minimum Gasteiger partial charge on any atom is -0.389 e. The van der Waals surface area contributed by atoms with E-state index in [9.17, 15) is 5.11 Å². The van der Waals surface area contributed by atoms with Crippen molar-refractivity contribution in [1.82, 2.24) is 0 Å². The van der Waals surface area contributed by atoms with Crippen LogP contribution in [-0.4, -0.2) is 11.7 Å². The van der Waals surface area contributed by atoms with Gasteiger partial charge in [-0.25, -0.2) is 0 Å². The summed E-state index contributed by atoms with van der Waals surface area (Å²) < 4.78 is 0. The predicted octanol–water partition coefficient (Wildman–Crippen LogP) is 3.59. The number of anilines is 1. The highest BCUT2D eigenvalue weighted by atomic mass is 16.3. The van der Waals surface area contributed by atoms with Gasteiger partial charge in [0.1, 0.15) is 0 Å². The van der Waals surface area contributed by atoms with Crippen LogP contribution >= 0.6 is 0 Å². The second-order valence-electron chi connectivity index (χ2n) is 4.36. The van der Waals surface area contributed by atoms with Crippen molar-refractivity contribution in [1.29, 1.82) is 0 Å². The fourth-order valence-electron chi connectivity index (χ4n) is 1.72. The molecule has 0 bridgehead atoms. The number of aliphatic hydroxyl groups excluding tert-OH is 1. The van der Waals surface area contributed by atoms with E-state index in [1.807, 2.05) is 24.3 Å². The SMILES string of the molecule is CCC(CC)CNc1ccc(C(C)O)cc1. The Morgan fingerprint density at radius 2 is 1.69 bits per heavy atom. The van der Waals surface area contributed by atoms with E-state index in [1.165, 1.54) is 12.8 Å². The molecule has 0 heterocycles. The van der Waals surface area contributed by atoms with E-state index in [0.717, 1.165) is 23.7 Å². The smallest absolute Gasteiger partial charge is 0.0761 e. The molecule has 0 fully saturated rings. The maximum absolute atomic E-state index is 9.39. The molecular formula is C14H23NO. The molecule has 0 radical (unpaired) electrons. The Morgan fingerprint density at radius 3 is 2.12 bits per heavy atom. The van der Waals surface area contributed by atoms with Crippen molar-refractivity contribution < 1.29 is 5.11 Å². The van der Waals surface area contributed by atoms with Crippen LogP contribution in [0, 0.1) is 5.92 Å². The molecule has 0 aliphatic rings. The summed E-state index contributed by atoms with van der Waals surface area (Å²) in [6.07, 6.45) is 2.05. The van der Waals surface area contributed by atoms with Crippen molar-refractivity contribution in [3.05, 3.63) is 29.8 Å². The van der Waals surface area contributed by atoms with Crippen molar-refractivity contribution in [2.75, 3.05) is 11.9 Å². The quantitative estimate of drug-likeness (QED) is 0.769. The Morgan fingerprint density at radius 1 is 1.12 bits per heavy atom. The summed E-state index contributed by atoms with van der Waals surface area (Å²) in [4.78, 5) is 0. The molecule has 1 atom stereocenters. The number of hydrogen-bond donors (Lipinski definition) is 2. The fourth-order valence-corrected chi connectivity index (χ4v) is 1.72. The molecule has 0 amide bonds. The summed E-state index contributed by atoms with van der Waals surface area (Å²) in [7, 11) is 0. The van der Waals surface area contributed by atoms with Crippen LogP contribution in [0.2, 0.25) is 0 Å². The van der Waals surface area contributed by atoms with Gasteiger partial charge in [-0.15, -0.1) is 0 Å². The Balaban J connectivity index is 2.49. The number of hydrogen-bond acceptors (Lipinski definition) is 2. The second kappa shape index (κ2) is 6.54. The van der Waals surface area contributed by atoms with Gasteiger partial charge in [0.05, 0.1) is 6.10 Å². The van der Waals surface area contributed by atoms with Crippen molar-refractivity contribution in [2.45, 2.75) is 39.7 Å². The lowest BCUT2D eigenvalue weighted by Crippen LogP contribution is -2.12. The molecular weight excluding hydrogens is 198 g/mol. The first-order valence-electron chi connectivity index (χ1n) is 6.19. The van der Waals surface area contributed by atoms with Crippen LogP contribution in [0.3, 0.4) is 0 Å². The first kappa shape index (κ1) is 13.0. The van der Waals surface area contributed by atoms with Gasteiger partial charge >= 0.3 is 0 Å². The fraction of sp³-hybridized carbons (Fsp3) is 0.571. The summed E-state index contributed by atoms with van der Waals surface area (Å²) in [6, 6.07) is 8.01. The summed E-state index contributed by atoms with van der Waals surface area (Å²) in [5.74, 6) is 0.747. The minimum atomic E-state index is -0.381. The molecule has 0 saturated carbocycles. The van der Waals surface area contributed by atoms with Gasteiger partial charge in [-0.3, -0.25) is 0 Å². The third-order valence-electron chi connectivity index (χ3n) is 3.14. The average Bonchev–Trinajstić information content (AvgIpc) is 2.31. The van der Waals surface area contributed by atoms with E-state index in [0.29, 0.717) is 0 Å². The third kappa shape index (κ3) is 3.86.